The molecule has 4 aromatic rings. The van der Waals surface area contributed by atoms with Crippen LogP contribution in [0.15, 0.2) is 66.9 Å². The van der Waals surface area contributed by atoms with Gasteiger partial charge in [0.2, 0.25) is 5.91 Å². The second kappa shape index (κ2) is 9.05. The predicted molar refractivity (Wildman–Crippen MR) is 121 cm³/mol. The van der Waals surface area contributed by atoms with Crippen LogP contribution in [0.4, 0.5) is 5.13 Å². The van der Waals surface area contributed by atoms with Gasteiger partial charge in [0.25, 0.3) is 0 Å². The van der Waals surface area contributed by atoms with Gasteiger partial charge in [0.15, 0.2) is 5.13 Å². The van der Waals surface area contributed by atoms with Crippen molar-refractivity contribution in [1.29, 1.82) is 0 Å². The number of hydrogen-bond acceptors (Lipinski definition) is 5. The Hall–Kier alpha value is -3.25. The van der Waals surface area contributed by atoms with E-state index in [1.165, 1.54) is 16.9 Å². The van der Waals surface area contributed by atoms with Crippen molar-refractivity contribution in [1.82, 2.24) is 9.97 Å². The smallest absolute Gasteiger partial charge is 0.232 e. The lowest BCUT2D eigenvalue weighted by Gasteiger charge is -2.19. The van der Waals surface area contributed by atoms with Crippen LogP contribution in [0.3, 0.4) is 0 Å². The van der Waals surface area contributed by atoms with Gasteiger partial charge in [-0.2, -0.15) is 0 Å². The molecule has 1 amide bonds. The molecule has 0 atom stereocenters. The van der Waals surface area contributed by atoms with Crippen molar-refractivity contribution in [2.75, 3.05) is 11.5 Å². The minimum atomic E-state index is -0.0370. The van der Waals surface area contributed by atoms with Gasteiger partial charge in [0.05, 0.1) is 35.5 Å². The normalized spacial score (nSPS) is 10.9. The number of carbonyl (C=O) groups excluding carboxylic acids is 1. The Bertz CT molecular complexity index is 1140. The quantitative estimate of drug-likeness (QED) is 0.409. The van der Waals surface area contributed by atoms with Crippen LogP contribution in [-0.2, 0) is 11.3 Å². The first-order chi connectivity index (χ1) is 14.6. The minimum Gasteiger partial charge on any atom is -0.493 e. The third-order valence-corrected chi connectivity index (χ3v) is 6.02. The highest BCUT2D eigenvalue weighted by atomic mass is 32.1. The molecule has 0 saturated heterocycles. The predicted octanol–water partition coefficient (Wildman–Crippen LogP) is 5.31. The van der Waals surface area contributed by atoms with Crippen LogP contribution in [0, 0.1) is 13.8 Å². The topological polar surface area (TPSA) is 55.3 Å². The molecule has 2 heterocycles. The zero-order valence-electron chi connectivity index (χ0n) is 17.0. The minimum absolute atomic E-state index is 0.0370. The molecule has 0 unspecified atom stereocenters. The lowest BCUT2D eigenvalue weighted by atomic mass is 10.1. The van der Waals surface area contributed by atoms with Crippen LogP contribution in [0.2, 0.25) is 0 Å². The van der Waals surface area contributed by atoms with Gasteiger partial charge in [-0.3, -0.25) is 14.7 Å². The summed E-state index contributed by atoms with van der Waals surface area (Å²) in [5, 5.41) is 0.689. The molecule has 0 aliphatic carbocycles. The number of pyridine rings is 1. The third kappa shape index (κ3) is 4.49. The molecule has 0 aliphatic heterocycles. The molecule has 0 spiro atoms. The van der Waals surface area contributed by atoms with Crippen molar-refractivity contribution in [3.8, 4) is 5.75 Å². The molecule has 2 aromatic heterocycles. The molecule has 4 rings (SSSR count). The van der Waals surface area contributed by atoms with Crippen LogP contribution in [0.1, 0.15) is 23.2 Å². The fraction of sp³-hybridized carbons (Fsp3) is 0.208. The van der Waals surface area contributed by atoms with E-state index in [0.29, 0.717) is 18.3 Å². The first-order valence-electron chi connectivity index (χ1n) is 9.86. The number of hydrogen-bond donors (Lipinski definition) is 0. The van der Waals surface area contributed by atoms with E-state index in [9.17, 15) is 4.79 Å². The fourth-order valence-electron chi connectivity index (χ4n) is 3.15. The van der Waals surface area contributed by atoms with Gasteiger partial charge < -0.3 is 4.74 Å². The van der Waals surface area contributed by atoms with Crippen molar-refractivity contribution in [3.05, 3.63) is 83.7 Å². The Balaban J connectivity index is 1.57. The number of amides is 1. The standard InChI is InChI=1S/C24H23N3O2S/c1-17-11-12-21-23(18(17)2)26-24(30-21)27(16-19-8-6-7-14-25-19)22(28)13-15-29-20-9-4-3-5-10-20/h3-12,14H,13,15-16H2,1-2H3. The summed E-state index contributed by atoms with van der Waals surface area (Å²) in [5.74, 6) is 0.720. The van der Waals surface area contributed by atoms with Crippen LogP contribution in [-0.4, -0.2) is 22.5 Å². The number of ether oxygens (including phenoxy) is 1. The molecule has 0 saturated carbocycles. The molecule has 30 heavy (non-hydrogen) atoms. The Morgan fingerprint density at radius 2 is 1.83 bits per heavy atom. The van der Waals surface area contributed by atoms with Gasteiger partial charge in [0, 0.05) is 6.20 Å². The van der Waals surface area contributed by atoms with Crippen LogP contribution in [0.25, 0.3) is 10.2 Å². The molecular formula is C24H23N3O2S. The first kappa shape index (κ1) is 20.0. The number of thiazole rings is 1. The largest absolute Gasteiger partial charge is 0.493 e. The van der Waals surface area contributed by atoms with E-state index in [-0.39, 0.29) is 12.3 Å². The average Bonchev–Trinajstić information content (AvgIpc) is 3.21. The van der Waals surface area contributed by atoms with Gasteiger partial charge in [-0.1, -0.05) is 41.7 Å². The van der Waals surface area contributed by atoms with E-state index in [1.807, 2.05) is 48.5 Å². The number of nitrogens with zero attached hydrogens (tertiary/aromatic N) is 3. The molecule has 0 N–H and O–H groups in total. The van der Waals surface area contributed by atoms with Gasteiger partial charge in [-0.05, 0) is 55.3 Å². The Labute approximate surface area is 180 Å². The molecule has 0 aliphatic rings. The lowest BCUT2D eigenvalue weighted by molar-refractivity contribution is -0.119. The van der Waals surface area contributed by atoms with Crippen molar-refractivity contribution >= 4 is 32.6 Å². The number of anilines is 1. The molecule has 0 fully saturated rings. The molecule has 6 heteroatoms. The molecule has 5 nitrogen and oxygen atoms in total. The zero-order valence-corrected chi connectivity index (χ0v) is 17.9. The maximum Gasteiger partial charge on any atom is 0.232 e. The van der Waals surface area contributed by atoms with Crippen molar-refractivity contribution in [2.24, 2.45) is 0 Å². The molecule has 0 bridgehead atoms. The monoisotopic (exact) mass is 417 g/mol. The Morgan fingerprint density at radius 1 is 1.03 bits per heavy atom. The fourth-order valence-corrected chi connectivity index (χ4v) is 4.20. The van der Waals surface area contributed by atoms with Gasteiger partial charge in [-0.25, -0.2) is 4.98 Å². The molecule has 152 valence electrons. The average molecular weight is 418 g/mol. The van der Waals surface area contributed by atoms with E-state index in [4.69, 9.17) is 9.72 Å². The number of aryl methyl sites for hydroxylation is 2. The Morgan fingerprint density at radius 3 is 2.60 bits per heavy atom. The SMILES string of the molecule is Cc1ccc2sc(N(Cc3ccccn3)C(=O)CCOc3ccccc3)nc2c1C. The number of rotatable bonds is 7. The maximum absolute atomic E-state index is 13.2. The van der Waals surface area contributed by atoms with Crippen LogP contribution in [0.5, 0.6) is 5.75 Å². The maximum atomic E-state index is 13.2. The summed E-state index contributed by atoms with van der Waals surface area (Å²) in [5.41, 5.74) is 4.11. The number of para-hydroxylation sites is 1. The molecule has 0 radical (unpaired) electrons. The molecule has 2 aromatic carbocycles. The third-order valence-electron chi connectivity index (χ3n) is 4.98. The highest BCUT2D eigenvalue weighted by Gasteiger charge is 2.21. The number of benzene rings is 2. The van der Waals surface area contributed by atoms with Gasteiger partial charge in [0.1, 0.15) is 5.75 Å². The number of fused-ring (bicyclic) bond motifs is 1. The highest BCUT2D eigenvalue weighted by Crippen LogP contribution is 2.32. The van der Waals surface area contributed by atoms with E-state index in [2.05, 4.69) is 31.0 Å². The summed E-state index contributed by atoms with van der Waals surface area (Å²) in [6.07, 6.45) is 2.00. The summed E-state index contributed by atoms with van der Waals surface area (Å²) < 4.78 is 6.80. The second-order valence-electron chi connectivity index (χ2n) is 7.06. The number of carbonyl (C=O) groups is 1. The summed E-state index contributed by atoms with van der Waals surface area (Å²) in [4.78, 5) is 24.1. The van der Waals surface area contributed by atoms with E-state index < -0.39 is 0 Å². The van der Waals surface area contributed by atoms with Crippen LogP contribution < -0.4 is 9.64 Å². The van der Waals surface area contributed by atoms with Crippen LogP contribution >= 0.6 is 11.3 Å². The first-order valence-corrected chi connectivity index (χ1v) is 10.7. The lowest BCUT2D eigenvalue weighted by Crippen LogP contribution is -2.31. The van der Waals surface area contributed by atoms with Gasteiger partial charge in [-0.15, -0.1) is 0 Å². The summed E-state index contributed by atoms with van der Waals surface area (Å²) in [7, 11) is 0. The number of aromatic nitrogens is 2. The summed E-state index contributed by atoms with van der Waals surface area (Å²) in [6.45, 7) is 4.83. The molecular weight excluding hydrogens is 394 g/mol. The van der Waals surface area contributed by atoms with Crippen molar-refractivity contribution < 1.29 is 9.53 Å². The van der Waals surface area contributed by atoms with E-state index in [1.54, 1.807) is 11.1 Å². The highest BCUT2D eigenvalue weighted by molar-refractivity contribution is 7.22. The zero-order chi connectivity index (χ0) is 20.9. The van der Waals surface area contributed by atoms with Gasteiger partial charge >= 0.3 is 0 Å². The Kier molecular flexibility index (Phi) is 6.05. The van der Waals surface area contributed by atoms with Crippen molar-refractivity contribution in [2.45, 2.75) is 26.8 Å². The summed E-state index contributed by atoms with van der Waals surface area (Å²) in [6, 6.07) is 19.4. The van der Waals surface area contributed by atoms with Crippen molar-refractivity contribution in [3.63, 3.8) is 0 Å². The van der Waals surface area contributed by atoms with E-state index >= 15 is 0 Å². The second-order valence-corrected chi connectivity index (χ2v) is 8.07. The summed E-state index contributed by atoms with van der Waals surface area (Å²) >= 11 is 1.53. The van der Waals surface area contributed by atoms with E-state index in [0.717, 1.165) is 27.2 Å².